The van der Waals surface area contributed by atoms with E-state index in [9.17, 15) is 0 Å². The Morgan fingerprint density at radius 2 is 0.980 bits per heavy atom. The van der Waals surface area contributed by atoms with E-state index in [1.807, 2.05) is 36.4 Å². The van der Waals surface area contributed by atoms with Gasteiger partial charge in [-0.1, -0.05) is 133 Å². The molecule has 11 aromatic rings. The predicted molar refractivity (Wildman–Crippen MR) is 207 cm³/mol. The fraction of sp³-hybridized carbons (Fsp3) is 0. The maximum atomic E-state index is 6.71. The Bertz CT molecular complexity index is 3100. The van der Waals surface area contributed by atoms with Crippen LogP contribution in [0.3, 0.4) is 0 Å². The van der Waals surface area contributed by atoms with Gasteiger partial charge in [0.1, 0.15) is 16.8 Å². The van der Waals surface area contributed by atoms with E-state index in [4.69, 9.17) is 14.4 Å². The van der Waals surface area contributed by atoms with Crippen molar-refractivity contribution in [3.05, 3.63) is 164 Å². The summed E-state index contributed by atoms with van der Waals surface area (Å²) in [6, 6.07) is 57.9. The lowest BCUT2D eigenvalue weighted by Crippen LogP contribution is -1.95. The predicted octanol–water partition coefficient (Wildman–Crippen LogP) is 12.3. The Hall–Kier alpha value is -6.78. The number of rotatable bonds is 3. The van der Waals surface area contributed by atoms with Crippen LogP contribution in [0.5, 0.6) is 0 Å². The number of aromatic nitrogens is 3. The molecule has 3 aromatic heterocycles. The van der Waals surface area contributed by atoms with Gasteiger partial charge in [0, 0.05) is 33.0 Å². The minimum Gasteiger partial charge on any atom is -0.452 e. The monoisotopic (exact) mass is 637 g/mol. The first-order valence-corrected chi connectivity index (χ1v) is 16.9. The lowest BCUT2D eigenvalue weighted by Gasteiger charge is -2.13. The number of hydrogen-bond donors (Lipinski definition) is 0. The van der Waals surface area contributed by atoms with Crippen LogP contribution in [0.15, 0.2) is 168 Å². The summed E-state index contributed by atoms with van der Waals surface area (Å²) < 4.78 is 9.11. The number of benzene rings is 8. The summed E-state index contributed by atoms with van der Waals surface area (Å²) in [4.78, 5) is 10.2. The van der Waals surface area contributed by atoms with Crippen LogP contribution in [0.4, 0.5) is 0 Å². The van der Waals surface area contributed by atoms with E-state index >= 15 is 0 Å². The number of nitrogens with zero attached hydrogens (tertiary/aromatic N) is 3. The molecule has 0 saturated heterocycles. The summed E-state index contributed by atoms with van der Waals surface area (Å²) in [5.41, 5.74) is 8.40. The van der Waals surface area contributed by atoms with E-state index in [0.29, 0.717) is 11.4 Å². The molecule has 50 heavy (non-hydrogen) atoms. The molecule has 0 fully saturated rings. The van der Waals surface area contributed by atoms with Crippen LogP contribution in [0.2, 0.25) is 0 Å². The molecular formula is C46H27N3O. The molecule has 0 unspecified atom stereocenters. The van der Waals surface area contributed by atoms with Gasteiger partial charge in [-0.3, -0.25) is 0 Å². The molecule has 11 rings (SSSR count). The highest BCUT2D eigenvalue weighted by Crippen LogP contribution is 2.42. The Labute approximate surface area is 286 Å². The van der Waals surface area contributed by atoms with E-state index < -0.39 is 0 Å². The van der Waals surface area contributed by atoms with Crippen molar-refractivity contribution >= 4 is 76.2 Å². The van der Waals surface area contributed by atoms with Gasteiger partial charge in [-0.15, -0.1) is 0 Å². The minimum atomic E-state index is 0.675. The Morgan fingerprint density at radius 3 is 1.68 bits per heavy atom. The highest BCUT2D eigenvalue weighted by atomic mass is 16.3. The van der Waals surface area contributed by atoms with Crippen molar-refractivity contribution in [1.82, 2.24) is 14.5 Å². The van der Waals surface area contributed by atoms with Crippen molar-refractivity contribution in [3.63, 3.8) is 0 Å². The second-order valence-electron chi connectivity index (χ2n) is 12.9. The van der Waals surface area contributed by atoms with Crippen molar-refractivity contribution < 1.29 is 4.42 Å². The average Bonchev–Trinajstić information content (AvgIpc) is 3.72. The first kappa shape index (κ1) is 27.2. The van der Waals surface area contributed by atoms with Gasteiger partial charge in [-0.25, -0.2) is 9.97 Å². The molecule has 8 aromatic carbocycles. The molecule has 3 heterocycles. The van der Waals surface area contributed by atoms with Crippen LogP contribution >= 0.6 is 0 Å². The lowest BCUT2D eigenvalue weighted by molar-refractivity contribution is 0.668. The molecule has 0 bridgehead atoms. The summed E-state index contributed by atoms with van der Waals surface area (Å²) >= 11 is 0. The molecule has 0 saturated carbocycles. The van der Waals surface area contributed by atoms with Crippen molar-refractivity contribution in [2.45, 2.75) is 0 Å². The molecule has 0 atom stereocenters. The van der Waals surface area contributed by atoms with Crippen molar-refractivity contribution in [3.8, 4) is 28.3 Å². The average molecular weight is 638 g/mol. The largest absolute Gasteiger partial charge is 0.452 e. The zero-order chi connectivity index (χ0) is 32.8. The number of hydrogen-bond acceptors (Lipinski definition) is 3. The van der Waals surface area contributed by atoms with Gasteiger partial charge < -0.3 is 8.98 Å². The summed E-state index contributed by atoms with van der Waals surface area (Å²) in [5.74, 6) is 0.675. The summed E-state index contributed by atoms with van der Waals surface area (Å²) in [6.45, 7) is 0. The highest BCUT2D eigenvalue weighted by molar-refractivity contribution is 6.26. The van der Waals surface area contributed by atoms with Crippen LogP contribution in [0, 0.1) is 0 Å². The molecule has 4 heteroatoms. The number of furan rings is 1. The third kappa shape index (κ3) is 3.87. The molecule has 232 valence electrons. The molecule has 0 amide bonds. The summed E-state index contributed by atoms with van der Waals surface area (Å²) in [5, 5.41) is 10.8. The Morgan fingerprint density at radius 1 is 0.400 bits per heavy atom. The van der Waals surface area contributed by atoms with Gasteiger partial charge in [0.15, 0.2) is 11.4 Å². The van der Waals surface area contributed by atoms with Gasteiger partial charge in [0.05, 0.1) is 11.0 Å². The third-order valence-corrected chi connectivity index (χ3v) is 10.2. The minimum absolute atomic E-state index is 0.675. The Balaban J connectivity index is 1.24. The van der Waals surface area contributed by atoms with Crippen LogP contribution in [0.25, 0.3) is 105 Å². The number of para-hydroxylation sites is 1. The van der Waals surface area contributed by atoms with Gasteiger partial charge in [0.25, 0.3) is 0 Å². The highest BCUT2D eigenvalue weighted by Gasteiger charge is 2.21. The first-order chi connectivity index (χ1) is 24.8. The number of fused-ring (bicyclic) bond motifs is 12. The zero-order valence-electron chi connectivity index (χ0n) is 26.8. The quantitative estimate of drug-likeness (QED) is 0.181. The van der Waals surface area contributed by atoms with Crippen LogP contribution in [0.1, 0.15) is 0 Å². The fourth-order valence-corrected chi connectivity index (χ4v) is 7.93. The first-order valence-electron chi connectivity index (χ1n) is 16.9. The molecule has 0 radical (unpaired) electrons. The third-order valence-electron chi connectivity index (χ3n) is 10.2. The molecule has 0 N–H and O–H groups in total. The van der Waals surface area contributed by atoms with E-state index in [1.165, 1.54) is 37.7 Å². The van der Waals surface area contributed by atoms with Crippen LogP contribution in [-0.4, -0.2) is 14.5 Å². The van der Waals surface area contributed by atoms with Crippen LogP contribution in [-0.2, 0) is 0 Å². The van der Waals surface area contributed by atoms with Crippen molar-refractivity contribution in [2.24, 2.45) is 0 Å². The Kier molecular flexibility index (Phi) is 5.63. The van der Waals surface area contributed by atoms with Crippen molar-refractivity contribution in [1.29, 1.82) is 0 Å². The molecule has 0 aliphatic carbocycles. The van der Waals surface area contributed by atoms with E-state index in [2.05, 4.69) is 132 Å². The summed E-state index contributed by atoms with van der Waals surface area (Å²) in [6.07, 6.45) is 0. The normalized spacial score (nSPS) is 12.0. The van der Waals surface area contributed by atoms with E-state index in [-0.39, 0.29) is 0 Å². The zero-order valence-corrected chi connectivity index (χ0v) is 26.8. The molecular weight excluding hydrogens is 611 g/mol. The van der Waals surface area contributed by atoms with Crippen LogP contribution < -0.4 is 0 Å². The maximum Gasteiger partial charge on any atom is 0.180 e. The van der Waals surface area contributed by atoms with E-state index in [0.717, 1.165) is 55.4 Å². The second-order valence-corrected chi connectivity index (χ2v) is 12.9. The van der Waals surface area contributed by atoms with Crippen molar-refractivity contribution in [2.75, 3.05) is 0 Å². The molecule has 0 aliphatic rings. The molecule has 0 spiro atoms. The summed E-state index contributed by atoms with van der Waals surface area (Å²) in [7, 11) is 0. The van der Waals surface area contributed by atoms with Gasteiger partial charge >= 0.3 is 0 Å². The van der Waals surface area contributed by atoms with Gasteiger partial charge in [-0.2, -0.15) is 0 Å². The smallest absolute Gasteiger partial charge is 0.180 e. The topological polar surface area (TPSA) is 43.9 Å². The van der Waals surface area contributed by atoms with E-state index in [1.54, 1.807) is 0 Å². The molecule has 0 aliphatic heterocycles. The van der Waals surface area contributed by atoms with Gasteiger partial charge in [0.2, 0.25) is 0 Å². The standard InChI is InChI=1S/C46H27N3O/c1-3-13-28(14-4-1)43-45-44(48-46(47-43)29-15-5-2-6-16-29)39-26-41-38(27-42(39)50-45)36-21-11-12-22-40(36)49(41)30-23-24-35-33-19-8-7-17-31(33)32-18-9-10-20-34(32)37(35)25-30/h1-27H. The second kappa shape index (κ2) is 10.4. The maximum absolute atomic E-state index is 6.71. The lowest BCUT2D eigenvalue weighted by atomic mass is 9.94. The fourth-order valence-electron chi connectivity index (χ4n) is 7.93. The SMILES string of the molecule is c1ccc(-c2nc(-c3ccccc3)c3oc4cc5c6ccccc6n(-c6ccc7c8ccccc8c8ccccc8c7c6)c5cc4c3n2)cc1. The molecule has 4 nitrogen and oxygen atoms in total. The van der Waals surface area contributed by atoms with Gasteiger partial charge in [-0.05, 0) is 62.6 Å².